The van der Waals surface area contributed by atoms with E-state index < -0.39 is 0 Å². The van der Waals surface area contributed by atoms with Gasteiger partial charge in [-0.1, -0.05) is 13.8 Å². The van der Waals surface area contributed by atoms with Gasteiger partial charge in [0.25, 0.3) is 0 Å². The zero-order chi connectivity index (χ0) is 8.69. The van der Waals surface area contributed by atoms with Gasteiger partial charge in [-0.05, 0) is 20.1 Å². The SMILES string of the molecule is CCN(CC)CC(C#N)NC. The zero-order valence-electron chi connectivity index (χ0n) is 7.59. The summed E-state index contributed by atoms with van der Waals surface area (Å²) in [6.07, 6.45) is 0. The van der Waals surface area contributed by atoms with Crippen LogP contribution in [0.3, 0.4) is 0 Å². The van der Waals surface area contributed by atoms with Crippen molar-refractivity contribution in [2.75, 3.05) is 26.7 Å². The maximum Gasteiger partial charge on any atom is 0.108 e. The average Bonchev–Trinajstić information content (AvgIpc) is 2.07. The van der Waals surface area contributed by atoms with Gasteiger partial charge in [0.05, 0.1) is 6.07 Å². The minimum absolute atomic E-state index is 0.0325. The third-order valence-electron chi connectivity index (χ3n) is 1.84. The molecule has 1 atom stereocenters. The Hall–Kier alpha value is -0.590. The van der Waals surface area contributed by atoms with Crippen LogP contribution in [-0.2, 0) is 0 Å². The van der Waals surface area contributed by atoms with Crippen LogP contribution < -0.4 is 5.32 Å². The molecule has 64 valence electrons. The Labute approximate surface area is 69.0 Å². The van der Waals surface area contributed by atoms with Crippen LogP contribution in [-0.4, -0.2) is 37.6 Å². The predicted molar refractivity (Wildman–Crippen MR) is 46.2 cm³/mol. The number of nitrogens with one attached hydrogen (secondary N) is 1. The van der Waals surface area contributed by atoms with Gasteiger partial charge >= 0.3 is 0 Å². The summed E-state index contributed by atoms with van der Waals surface area (Å²) in [5, 5.41) is 11.6. The normalized spacial score (nSPS) is 13.0. The van der Waals surface area contributed by atoms with E-state index in [0.29, 0.717) is 0 Å². The molecule has 0 aliphatic carbocycles. The lowest BCUT2D eigenvalue weighted by Crippen LogP contribution is -2.38. The summed E-state index contributed by atoms with van der Waals surface area (Å²) >= 11 is 0. The summed E-state index contributed by atoms with van der Waals surface area (Å²) in [7, 11) is 1.82. The smallest absolute Gasteiger partial charge is 0.108 e. The fourth-order valence-corrected chi connectivity index (χ4v) is 0.937. The molecular weight excluding hydrogens is 138 g/mol. The van der Waals surface area contributed by atoms with E-state index in [-0.39, 0.29) is 6.04 Å². The summed E-state index contributed by atoms with van der Waals surface area (Å²) in [5.74, 6) is 0. The highest BCUT2D eigenvalue weighted by atomic mass is 15.1. The highest BCUT2D eigenvalue weighted by Gasteiger charge is 2.07. The molecule has 0 saturated heterocycles. The highest BCUT2D eigenvalue weighted by molar-refractivity contribution is 4.90. The van der Waals surface area contributed by atoms with Crippen molar-refractivity contribution in [3.05, 3.63) is 0 Å². The van der Waals surface area contributed by atoms with Crippen LogP contribution >= 0.6 is 0 Å². The predicted octanol–water partition coefficient (Wildman–Crippen LogP) is 0.440. The Morgan fingerprint density at radius 1 is 1.45 bits per heavy atom. The summed E-state index contributed by atoms with van der Waals surface area (Å²) in [4.78, 5) is 2.23. The van der Waals surface area contributed by atoms with E-state index in [9.17, 15) is 0 Å². The van der Waals surface area contributed by atoms with E-state index in [4.69, 9.17) is 5.26 Å². The molecule has 0 bridgehead atoms. The van der Waals surface area contributed by atoms with Gasteiger partial charge in [0, 0.05) is 6.54 Å². The molecule has 3 nitrogen and oxygen atoms in total. The second-order valence-electron chi connectivity index (χ2n) is 2.46. The summed E-state index contributed by atoms with van der Waals surface area (Å²) in [6, 6.07) is 2.17. The Balaban J connectivity index is 3.70. The largest absolute Gasteiger partial charge is 0.304 e. The Morgan fingerprint density at radius 3 is 2.27 bits per heavy atom. The second kappa shape index (κ2) is 6.14. The van der Waals surface area contributed by atoms with Gasteiger partial charge in [-0.15, -0.1) is 0 Å². The Morgan fingerprint density at radius 2 is 2.00 bits per heavy atom. The van der Waals surface area contributed by atoms with E-state index in [0.717, 1.165) is 19.6 Å². The van der Waals surface area contributed by atoms with Crippen molar-refractivity contribution in [3.63, 3.8) is 0 Å². The molecule has 0 aliphatic heterocycles. The fraction of sp³-hybridized carbons (Fsp3) is 0.875. The second-order valence-corrected chi connectivity index (χ2v) is 2.46. The van der Waals surface area contributed by atoms with Crippen LogP contribution in [0.15, 0.2) is 0 Å². The monoisotopic (exact) mass is 155 g/mol. The molecular formula is C8H17N3. The van der Waals surface area contributed by atoms with Gasteiger partial charge in [-0.3, -0.25) is 0 Å². The number of hydrogen-bond donors (Lipinski definition) is 1. The molecule has 3 heteroatoms. The summed E-state index contributed by atoms with van der Waals surface area (Å²) in [5.41, 5.74) is 0. The molecule has 11 heavy (non-hydrogen) atoms. The van der Waals surface area contributed by atoms with Crippen molar-refractivity contribution in [1.29, 1.82) is 5.26 Å². The van der Waals surface area contributed by atoms with Gasteiger partial charge in [0.1, 0.15) is 6.04 Å². The van der Waals surface area contributed by atoms with Crippen LogP contribution in [0.1, 0.15) is 13.8 Å². The molecule has 1 N–H and O–H groups in total. The third-order valence-corrected chi connectivity index (χ3v) is 1.84. The number of nitriles is 1. The van der Waals surface area contributed by atoms with Gasteiger partial charge in [0.2, 0.25) is 0 Å². The first kappa shape index (κ1) is 10.4. The summed E-state index contributed by atoms with van der Waals surface area (Å²) in [6.45, 7) is 7.05. The molecule has 0 aromatic heterocycles. The molecule has 0 spiro atoms. The molecule has 0 aromatic rings. The number of nitrogens with zero attached hydrogens (tertiary/aromatic N) is 2. The lowest BCUT2D eigenvalue weighted by atomic mass is 10.3. The standard InChI is InChI=1S/C8H17N3/c1-4-11(5-2)7-8(6-9)10-3/h8,10H,4-5,7H2,1-3H3. The van der Waals surface area contributed by atoms with Crippen molar-refractivity contribution in [2.45, 2.75) is 19.9 Å². The third kappa shape index (κ3) is 3.97. The van der Waals surface area contributed by atoms with E-state index in [1.165, 1.54) is 0 Å². The van der Waals surface area contributed by atoms with Crippen LogP contribution in [0.4, 0.5) is 0 Å². The van der Waals surface area contributed by atoms with Crippen molar-refractivity contribution < 1.29 is 0 Å². The Kier molecular flexibility index (Phi) is 5.81. The minimum atomic E-state index is -0.0325. The lowest BCUT2D eigenvalue weighted by Gasteiger charge is -2.20. The number of likely N-dealkylation sites (N-methyl/N-ethyl adjacent to an activating group) is 2. The molecule has 0 amide bonds. The molecule has 1 unspecified atom stereocenters. The van der Waals surface area contributed by atoms with Gasteiger partial charge in [-0.25, -0.2) is 0 Å². The first-order valence-corrected chi connectivity index (χ1v) is 4.07. The molecule has 0 aliphatic rings. The molecule has 0 aromatic carbocycles. The summed E-state index contributed by atoms with van der Waals surface area (Å²) < 4.78 is 0. The molecule has 0 saturated carbocycles. The average molecular weight is 155 g/mol. The first-order valence-electron chi connectivity index (χ1n) is 4.07. The number of rotatable bonds is 5. The Bertz CT molecular complexity index is 124. The maximum absolute atomic E-state index is 8.63. The molecule has 0 radical (unpaired) electrons. The van der Waals surface area contributed by atoms with E-state index >= 15 is 0 Å². The first-order chi connectivity index (χ1) is 5.28. The van der Waals surface area contributed by atoms with Crippen molar-refractivity contribution in [3.8, 4) is 6.07 Å². The molecule has 0 fully saturated rings. The quantitative estimate of drug-likeness (QED) is 0.626. The van der Waals surface area contributed by atoms with Gasteiger partial charge < -0.3 is 10.2 Å². The number of hydrogen-bond acceptors (Lipinski definition) is 3. The van der Waals surface area contributed by atoms with Crippen molar-refractivity contribution in [1.82, 2.24) is 10.2 Å². The van der Waals surface area contributed by atoms with Crippen molar-refractivity contribution in [2.24, 2.45) is 0 Å². The van der Waals surface area contributed by atoms with Crippen molar-refractivity contribution >= 4 is 0 Å². The lowest BCUT2D eigenvalue weighted by molar-refractivity contribution is 0.288. The van der Waals surface area contributed by atoms with Crippen LogP contribution in [0.25, 0.3) is 0 Å². The van der Waals surface area contributed by atoms with E-state index in [1.54, 1.807) is 0 Å². The molecule has 0 heterocycles. The van der Waals surface area contributed by atoms with Gasteiger partial charge in [-0.2, -0.15) is 5.26 Å². The molecule has 0 rings (SSSR count). The minimum Gasteiger partial charge on any atom is -0.304 e. The van der Waals surface area contributed by atoms with Crippen LogP contribution in [0, 0.1) is 11.3 Å². The highest BCUT2D eigenvalue weighted by Crippen LogP contribution is 1.89. The van der Waals surface area contributed by atoms with E-state index in [1.807, 2.05) is 7.05 Å². The van der Waals surface area contributed by atoms with Gasteiger partial charge in [0.15, 0.2) is 0 Å². The van der Waals surface area contributed by atoms with Crippen LogP contribution in [0.2, 0.25) is 0 Å². The van der Waals surface area contributed by atoms with Crippen LogP contribution in [0.5, 0.6) is 0 Å². The van der Waals surface area contributed by atoms with E-state index in [2.05, 4.69) is 30.1 Å². The maximum atomic E-state index is 8.63. The topological polar surface area (TPSA) is 39.1 Å². The zero-order valence-corrected chi connectivity index (χ0v) is 7.59. The fourth-order valence-electron chi connectivity index (χ4n) is 0.937.